The second kappa shape index (κ2) is 13.5. The molecule has 2 aromatic rings. The molecule has 210 valence electrons. The first kappa shape index (κ1) is 29.9. The molecule has 0 aliphatic heterocycles. The molecule has 0 saturated heterocycles. The highest BCUT2D eigenvalue weighted by Crippen LogP contribution is 2.33. The summed E-state index contributed by atoms with van der Waals surface area (Å²) in [4.78, 5) is 13.0. The number of aryl methyl sites for hydroxylation is 2. The van der Waals surface area contributed by atoms with Gasteiger partial charge in [0, 0.05) is 23.1 Å². The highest BCUT2D eigenvalue weighted by molar-refractivity contribution is 5.96. The molecule has 2 bridgehead atoms. The molecule has 0 amide bonds. The van der Waals surface area contributed by atoms with E-state index in [4.69, 9.17) is 5.26 Å². The summed E-state index contributed by atoms with van der Waals surface area (Å²) in [5, 5.41) is 8.99. The lowest BCUT2D eigenvalue weighted by Crippen LogP contribution is -2.09. The standard InChI is InChI=1S/C36H34F3NO/c1-25-12-14-27-8-5-3-4-6-10-30(21-27)31(20-25)19-18-29-23-32(16-13-26(29)2)35(41)11-7-9-28-15-17-33(24-40)34(22-28)36(37,38)39/h3-5,8,13-17,20,22-23,25,30H,6-7,9-12,21H2,1-2H3. The number of nitriles is 1. The Bertz CT molecular complexity index is 1520. The van der Waals surface area contributed by atoms with Crippen LogP contribution in [0.15, 0.2) is 84.0 Å². The van der Waals surface area contributed by atoms with Gasteiger partial charge in [-0.25, -0.2) is 0 Å². The minimum atomic E-state index is -4.60. The largest absolute Gasteiger partial charge is 0.417 e. The molecule has 0 radical (unpaired) electrons. The predicted octanol–water partition coefficient (Wildman–Crippen LogP) is 9.25. The lowest BCUT2D eigenvalue weighted by Gasteiger charge is -2.21. The van der Waals surface area contributed by atoms with E-state index in [-0.39, 0.29) is 12.2 Å². The van der Waals surface area contributed by atoms with Crippen LogP contribution in [0.4, 0.5) is 13.2 Å². The average Bonchev–Trinajstić information content (AvgIpc) is 3.06. The van der Waals surface area contributed by atoms with Gasteiger partial charge in [0.25, 0.3) is 0 Å². The summed E-state index contributed by atoms with van der Waals surface area (Å²) in [7, 11) is 0. The maximum atomic E-state index is 13.3. The number of allylic oxidation sites excluding steroid dienone is 8. The van der Waals surface area contributed by atoms with Gasteiger partial charge in [-0.15, -0.1) is 0 Å². The van der Waals surface area contributed by atoms with Crippen LogP contribution in [0, 0.1) is 41.9 Å². The lowest BCUT2D eigenvalue weighted by molar-refractivity contribution is -0.137. The zero-order chi connectivity index (χ0) is 29.4. The van der Waals surface area contributed by atoms with E-state index in [0.717, 1.165) is 48.4 Å². The molecular formula is C36H34F3NO. The van der Waals surface area contributed by atoms with Crippen molar-refractivity contribution in [2.24, 2.45) is 11.8 Å². The topological polar surface area (TPSA) is 40.9 Å². The van der Waals surface area contributed by atoms with E-state index in [9.17, 15) is 18.0 Å². The first-order chi connectivity index (χ1) is 19.6. The van der Waals surface area contributed by atoms with Crippen LogP contribution in [0.1, 0.15) is 83.6 Å². The summed E-state index contributed by atoms with van der Waals surface area (Å²) >= 11 is 0. The third kappa shape index (κ3) is 8.21. The highest BCUT2D eigenvalue weighted by atomic mass is 19.4. The summed E-state index contributed by atoms with van der Waals surface area (Å²) in [6, 6.07) is 10.8. The molecule has 2 aliphatic rings. The molecule has 2 aliphatic carbocycles. The van der Waals surface area contributed by atoms with E-state index < -0.39 is 17.3 Å². The number of ketones is 1. The summed E-state index contributed by atoms with van der Waals surface area (Å²) < 4.78 is 39.8. The van der Waals surface area contributed by atoms with Crippen LogP contribution in [0.25, 0.3) is 0 Å². The third-order valence-electron chi connectivity index (χ3n) is 7.66. The van der Waals surface area contributed by atoms with Gasteiger partial charge in [0.05, 0.1) is 17.2 Å². The van der Waals surface area contributed by atoms with Crippen LogP contribution in [0.5, 0.6) is 0 Å². The zero-order valence-corrected chi connectivity index (χ0v) is 23.5. The Morgan fingerprint density at radius 3 is 2.68 bits per heavy atom. The van der Waals surface area contributed by atoms with Gasteiger partial charge in [-0.1, -0.05) is 79.0 Å². The molecule has 5 heteroatoms. The fraction of sp³-hybridized carbons (Fsp3) is 0.333. The van der Waals surface area contributed by atoms with Gasteiger partial charge < -0.3 is 0 Å². The molecule has 2 unspecified atom stereocenters. The van der Waals surface area contributed by atoms with Crippen molar-refractivity contribution in [3.8, 4) is 17.9 Å². The van der Waals surface area contributed by atoms with Gasteiger partial charge in [-0.05, 0) is 86.6 Å². The van der Waals surface area contributed by atoms with Crippen LogP contribution in [0.3, 0.4) is 0 Å². The Hall–Kier alpha value is -4.09. The maximum Gasteiger partial charge on any atom is 0.417 e. The molecule has 4 rings (SSSR count). The summed E-state index contributed by atoms with van der Waals surface area (Å²) in [5.74, 6) is 7.48. The van der Waals surface area contributed by atoms with Gasteiger partial charge in [-0.3, -0.25) is 4.79 Å². The van der Waals surface area contributed by atoms with Gasteiger partial charge in [0.1, 0.15) is 0 Å². The van der Waals surface area contributed by atoms with Gasteiger partial charge in [0.2, 0.25) is 0 Å². The van der Waals surface area contributed by atoms with Crippen molar-refractivity contribution in [3.05, 3.63) is 117 Å². The monoisotopic (exact) mass is 553 g/mol. The number of carbonyl (C=O) groups is 1. The summed E-state index contributed by atoms with van der Waals surface area (Å²) in [6.07, 6.45) is 13.6. The van der Waals surface area contributed by atoms with Crippen molar-refractivity contribution in [2.75, 3.05) is 0 Å². The van der Waals surface area contributed by atoms with Crippen LogP contribution in [-0.2, 0) is 12.6 Å². The summed E-state index contributed by atoms with van der Waals surface area (Å²) in [6.45, 7) is 4.19. The molecule has 0 spiro atoms. The third-order valence-corrected chi connectivity index (χ3v) is 7.66. The molecule has 41 heavy (non-hydrogen) atoms. The Morgan fingerprint density at radius 2 is 1.90 bits per heavy atom. The lowest BCUT2D eigenvalue weighted by atomic mass is 9.83. The first-order valence-corrected chi connectivity index (χ1v) is 14.1. The smallest absolute Gasteiger partial charge is 0.294 e. The zero-order valence-electron chi connectivity index (χ0n) is 23.5. The van der Waals surface area contributed by atoms with Gasteiger partial charge in [-0.2, -0.15) is 18.4 Å². The number of fused-ring (bicyclic) bond motifs is 2. The summed E-state index contributed by atoms with van der Waals surface area (Å²) in [5.41, 5.74) is 3.98. The molecule has 0 saturated carbocycles. The van der Waals surface area contributed by atoms with E-state index in [1.54, 1.807) is 12.1 Å². The number of hydrogen-bond acceptors (Lipinski definition) is 2. The van der Waals surface area contributed by atoms with Crippen LogP contribution >= 0.6 is 0 Å². The minimum Gasteiger partial charge on any atom is -0.294 e. The van der Waals surface area contributed by atoms with Crippen LogP contribution in [-0.4, -0.2) is 5.78 Å². The Balaban J connectivity index is 1.47. The van der Waals surface area contributed by atoms with E-state index in [1.165, 1.54) is 17.7 Å². The first-order valence-electron chi connectivity index (χ1n) is 14.1. The second-order valence-electron chi connectivity index (χ2n) is 10.9. The number of rotatable bonds is 5. The molecular weight excluding hydrogens is 519 g/mol. The molecule has 2 nitrogen and oxygen atoms in total. The van der Waals surface area contributed by atoms with E-state index in [0.29, 0.717) is 35.8 Å². The predicted molar refractivity (Wildman–Crippen MR) is 157 cm³/mol. The second-order valence-corrected chi connectivity index (χ2v) is 10.9. The van der Waals surface area contributed by atoms with Crippen molar-refractivity contribution in [3.63, 3.8) is 0 Å². The molecule has 0 N–H and O–H groups in total. The van der Waals surface area contributed by atoms with Crippen molar-refractivity contribution in [2.45, 2.75) is 65.0 Å². The number of benzene rings is 2. The van der Waals surface area contributed by atoms with E-state index >= 15 is 0 Å². The Labute approximate surface area is 241 Å². The van der Waals surface area contributed by atoms with Crippen molar-refractivity contribution in [1.29, 1.82) is 5.26 Å². The van der Waals surface area contributed by atoms with Crippen molar-refractivity contribution >= 4 is 5.78 Å². The van der Waals surface area contributed by atoms with Crippen LogP contribution < -0.4 is 0 Å². The molecule has 0 heterocycles. The van der Waals surface area contributed by atoms with Crippen molar-refractivity contribution < 1.29 is 18.0 Å². The molecule has 0 fully saturated rings. The van der Waals surface area contributed by atoms with Gasteiger partial charge in [0.15, 0.2) is 5.78 Å². The van der Waals surface area contributed by atoms with E-state index in [1.807, 2.05) is 19.1 Å². The van der Waals surface area contributed by atoms with Crippen LogP contribution in [0.2, 0.25) is 0 Å². The van der Waals surface area contributed by atoms with Gasteiger partial charge >= 0.3 is 6.18 Å². The minimum absolute atomic E-state index is 0.0684. The SMILES string of the molecule is Cc1ccc(C(=O)CCCc2ccc(C#N)c(C(F)(F)F)c2)cc1C#CC1=CC(C)CC=C2C=CC=CCCC1C2. The number of Topliss-reactive ketones (excluding diaryl/α,β-unsaturated/α-hetero) is 1. The maximum absolute atomic E-state index is 13.3. The quantitative estimate of drug-likeness (QED) is 0.274. The number of carbonyl (C=O) groups excluding carboxylic acids is 1. The van der Waals surface area contributed by atoms with Crippen molar-refractivity contribution in [1.82, 2.24) is 0 Å². The normalized spacial score (nSPS) is 18.7. The number of nitrogens with zero attached hydrogens (tertiary/aromatic N) is 1. The number of hydrogen-bond donors (Lipinski definition) is 0. The fourth-order valence-electron chi connectivity index (χ4n) is 5.26. The average molecular weight is 554 g/mol. The highest BCUT2D eigenvalue weighted by Gasteiger charge is 2.33. The fourth-order valence-corrected chi connectivity index (χ4v) is 5.26. The molecule has 0 aromatic heterocycles. The Morgan fingerprint density at radius 1 is 1.07 bits per heavy atom. The Kier molecular flexibility index (Phi) is 9.85. The molecule has 2 aromatic carbocycles. The van der Waals surface area contributed by atoms with E-state index in [2.05, 4.69) is 55.2 Å². The number of halogens is 3. The number of alkyl halides is 3. The molecule has 2 atom stereocenters.